The Kier molecular flexibility index (Phi) is 6.72. The standard InChI is InChI=1S/C23H26N2O4/c1-22(2,3)28-20(26)16-7-11-18(12-8-16)24-15-25-19-13-9-17(10-14-19)21(27)29-23(4,5)6/h7-14H,1-6H3. The van der Waals surface area contributed by atoms with Crippen LogP contribution in [0, 0.1) is 0 Å². The highest BCUT2D eigenvalue weighted by atomic mass is 16.6. The number of rotatable bonds is 4. The number of hydrogen-bond acceptors (Lipinski definition) is 6. The highest BCUT2D eigenvalue weighted by molar-refractivity contribution is 5.90. The van der Waals surface area contributed by atoms with Crippen molar-refractivity contribution in [1.29, 1.82) is 0 Å². The number of carbonyl (C=O) groups is 2. The highest BCUT2D eigenvalue weighted by Crippen LogP contribution is 2.18. The molecule has 0 aliphatic rings. The van der Waals surface area contributed by atoms with Crippen LogP contribution in [0.1, 0.15) is 62.3 Å². The van der Waals surface area contributed by atoms with Crippen molar-refractivity contribution < 1.29 is 19.1 Å². The normalized spacial score (nSPS) is 11.2. The largest absolute Gasteiger partial charge is 0.456 e. The van der Waals surface area contributed by atoms with Gasteiger partial charge in [0.1, 0.15) is 17.2 Å². The molecule has 0 atom stereocenters. The fraction of sp³-hybridized carbons (Fsp3) is 0.348. The predicted molar refractivity (Wildman–Crippen MR) is 112 cm³/mol. The van der Waals surface area contributed by atoms with Gasteiger partial charge in [-0.05, 0) is 90.1 Å². The Morgan fingerprint density at radius 1 is 0.655 bits per heavy atom. The second-order valence-corrected chi connectivity index (χ2v) is 8.42. The van der Waals surface area contributed by atoms with Crippen LogP contribution in [-0.2, 0) is 9.47 Å². The summed E-state index contributed by atoms with van der Waals surface area (Å²) in [6.07, 6.45) is 0. The Balaban J connectivity index is 2.02. The summed E-state index contributed by atoms with van der Waals surface area (Å²) in [5, 5.41) is 0. The number of benzene rings is 2. The minimum atomic E-state index is -0.542. The number of nitrogens with zero attached hydrogens (tertiary/aromatic N) is 2. The van der Waals surface area contributed by atoms with Crippen LogP contribution in [0.15, 0.2) is 58.5 Å². The lowest BCUT2D eigenvalue weighted by Crippen LogP contribution is -2.23. The molecule has 0 saturated carbocycles. The van der Waals surface area contributed by atoms with Crippen LogP contribution in [0.4, 0.5) is 11.4 Å². The molecule has 0 aliphatic carbocycles. The third kappa shape index (κ3) is 7.72. The van der Waals surface area contributed by atoms with Crippen molar-refractivity contribution in [3.8, 4) is 0 Å². The molecule has 0 bridgehead atoms. The molecule has 29 heavy (non-hydrogen) atoms. The first-order chi connectivity index (χ1) is 13.4. The van der Waals surface area contributed by atoms with Crippen molar-refractivity contribution in [2.24, 2.45) is 9.98 Å². The Labute approximate surface area is 171 Å². The Morgan fingerprint density at radius 3 is 1.24 bits per heavy atom. The molecule has 152 valence electrons. The zero-order chi connectivity index (χ0) is 21.7. The summed E-state index contributed by atoms with van der Waals surface area (Å²) in [5.74, 6) is -0.765. The minimum absolute atomic E-state index is 0.383. The van der Waals surface area contributed by atoms with E-state index in [9.17, 15) is 9.59 Å². The van der Waals surface area contributed by atoms with Gasteiger partial charge in [-0.25, -0.2) is 9.59 Å². The second kappa shape index (κ2) is 8.84. The molecular formula is C23H26N2O4. The van der Waals surface area contributed by atoms with E-state index in [-0.39, 0.29) is 11.9 Å². The molecule has 0 aromatic heterocycles. The molecular weight excluding hydrogens is 368 g/mol. The third-order valence-corrected chi connectivity index (χ3v) is 3.36. The molecule has 0 heterocycles. The molecule has 0 N–H and O–H groups in total. The molecule has 2 aromatic carbocycles. The average Bonchev–Trinajstić information content (AvgIpc) is 2.60. The Hall–Kier alpha value is -3.24. The van der Waals surface area contributed by atoms with E-state index >= 15 is 0 Å². The summed E-state index contributed by atoms with van der Waals surface area (Å²) in [6, 6.07) is 15.9. The zero-order valence-electron chi connectivity index (χ0n) is 17.6. The van der Waals surface area contributed by atoms with E-state index in [1.165, 1.54) is 0 Å². The van der Waals surface area contributed by atoms with Crippen LogP contribution in [-0.4, -0.2) is 29.1 Å². The molecule has 6 heteroatoms. The van der Waals surface area contributed by atoms with E-state index in [2.05, 4.69) is 16.0 Å². The topological polar surface area (TPSA) is 77.3 Å². The molecule has 0 amide bonds. The number of ether oxygens (including phenoxy) is 2. The smallest absolute Gasteiger partial charge is 0.338 e. The van der Waals surface area contributed by atoms with Gasteiger partial charge >= 0.3 is 11.9 Å². The maximum Gasteiger partial charge on any atom is 0.338 e. The van der Waals surface area contributed by atoms with Crippen molar-refractivity contribution in [1.82, 2.24) is 0 Å². The van der Waals surface area contributed by atoms with Gasteiger partial charge in [0.05, 0.1) is 22.5 Å². The van der Waals surface area contributed by atoms with Gasteiger partial charge in [0, 0.05) is 0 Å². The number of hydrogen-bond donors (Lipinski definition) is 0. The van der Waals surface area contributed by atoms with Gasteiger partial charge < -0.3 is 9.47 Å². The zero-order valence-corrected chi connectivity index (χ0v) is 17.6. The fourth-order valence-electron chi connectivity index (χ4n) is 2.16. The first kappa shape index (κ1) is 22.1. The van der Waals surface area contributed by atoms with Gasteiger partial charge in [-0.15, -0.1) is 0 Å². The van der Waals surface area contributed by atoms with Crippen molar-refractivity contribution in [2.45, 2.75) is 52.7 Å². The lowest BCUT2D eigenvalue weighted by Gasteiger charge is -2.19. The molecule has 2 aromatic rings. The van der Waals surface area contributed by atoms with Gasteiger partial charge in [0.2, 0.25) is 0 Å². The van der Waals surface area contributed by atoms with Crippen LogP contribution in [0.3, 0.4) is 0 Å². The number of aliphatic imine (C=N–C) groups is 2. The molecule has 0 aliphatic heterocycles. The first-order valence-corrected chi connectivity index (χ1v) is 9.26. The minimum Gasteiger partial charge on any atom is -0.456 e. The summed E-state index contributed by atoms with van der Waals surface area (Å²) >= 11 is 0. The van der Waals surface area contributed by atoms with E-state index < -0.39 is 11.2 Å². The van der Waals surface area contributed by atoms with Crippen LogP contribution >= 0.6 is 0 Å². The lowest BCUT2D eigenvalue weighted by atomic mass is 10.1. The van der Waals surface area contributed by atoms with E-state index in [4.69, 9.17) is 9.47 Å². The van der Waals surface area contributed by atoms with Crippen molar-refractivity contribution in [3.63, 3.8) is 0 Å². The van der Waals surface area contributed by atoms with Crippen molar-refractivity contribution >= 4 is 29.3 Å². The number of carbonyl (C=O) groups excluding carboxylic acids is 2. The molecule has 0 radical (unpaired) electrons. The molecule has 2 rings (SSSR count). The van der Waals surface area contributed by atoms with E-state index in [0.717, 1.165) is 0 Å². The van der Waals surface area contributed by atoms with Gasteiger partial charge in [-0.2, -0.15) is 9.98 Å². The molecule has 6 nitrogen and oxygen atoms in total. The van der Waals surface area contributed by atoms with Crippen molar-refractivity contribution in [2.75, 3.05) is 0 Å². The molecule has 0 fully saturated rings. The SMILES string of the molecule is CC(C)(C)OC(=O)c1ccc(N=C=Nc2ccc(C(=O)OC(C)(C)C)cc2)cc1. The third-order valence-electron chi connectivity index (χ3n) is 3.36. The second-order valence-electron chi connectivity index (χ2n) is 8.42. The van der Waals surface area contributed by atoms with Gasteiger partial charge in [0.25, 0.3) is 0 Å². The Bertz CT molecular complexity index is 849. The average molecular weight is 394 g/mol. The van der Waals surface area contributed by atoms with Gasteiger partial charge in [-0.1, -0.05) is 0 Å². The molecule has 0 unspecified atom stereocenters. The van der Waals surface area contributed by atoms with Gasteiger partial charge in [-0.3, -0.25) is 0 Å². The van der Waals surface area contributed by atoms with E-state index in [1.807, 2.05) is 41.5 Å². The summed E-state index contributed by atoms with van der Waals surface area (Å²) in [5.41, 5.74) is 1.03. The summed E-state index contributed by atoms with van der Waals surface area (Å²) in [7, 11) is 0. The monoisotopic (exact) mass is 394 g/mol. The van der Waals surface area contributed by atoms with Crippen LogP contribution in [0.5, 0.6) is 0 Å². The maximum atomic E-state index is 12.0. The lowest BCUT2D eigenvalue weighted by molar-refractivity contribution is 0.00570. The quantitative estimate of drug-likeness (QED) is 0.490. The van der Waals surface area contributed by atoms with Crippen molar-refractivity contribution in [3.05, 3.63) is 59.7 Å². The van der Waals surface area contributed by atoms with Crippen LogP contribution in [0.25, 0.3) is 0 Å². The molecule has 0 spiro atoms. The predicted octanol–water partition coefficient (Wildman–Crippen LogP) is 5.73. The van der Waals surface area contributed by atoms with E-state index in [0.29, 0.717) is 22.5 Å². The molecule has 0 saturated heterocycles. The Morgan fingerprint density at radius 2 is 0.966 bits per heavy atom. The van der Waals surface area contributed by atoms with E-state index in [1.54, 1.807) is 48.5 Å². The highest BCUT2D eigenvalue weighted by Gasteiger charge is 2.18. The van der Waals surface area contributed by atoms with Crippen LogP contribution in [0.2, 0.25) is 0 Å². The summed E-state index contributed by atoms with van der Waals surface area (Å²) in [4.78, 5) is 32.2. The van der Waals surface area contributed by atoms with Gasteiger partial charge in [0.15, 0.2) is 0 Å². The summed E-state index contributed by atoms with van der Waals surface area (Å²) in [6.45, 7) is 10.9. The number of esters is 2. The maximum absolute atomic E-state index is 12.0. The van der Waals surface area contributed by atoms with Crippen LogP contribution < -0.4 is 0 Å². The fourth-order valence-corrected chi connectivity index (χ4v) is 2.16. The summed E-state index contributed by atoms with van der Waals surface area (Å²) < 4.78 is 10.6. The first-order valence-electron chi connectivity index (χ1n) is 9.26.